The number of rotatable bonds is 2. The Morgan fingerprint density at radius 1 is 1.17 bits per heavy atom. The lowest BCUT2D eigenvalue weighted by Crippen LogP contribution is -2.26. The van der Waals surface area contributed by atoms with Crippen LogP contribution in [-0.4, -0.2) is 23.1 Å². The number of ether oxygens (including phenoxy) is 1. The van der Waals surface area contributed by atoms with Crippen molar-refractivity contribution in [3.8, 4) is 5.75 Å². The minimum Gasteiger partial charge on any atom is -0.487 e. The predicted molar refractivity (Wildman–Crippen MR) is 68.0 cm³/mol. The maximum atomic E-state index is 11.8. The summed E-state index contributed by atoms with van der Waals surface area (Å²) in [7, 11) is 0. The first-order valence-corrected chi connectivity index (χ1v) is 6.75. The van der Waals surface area contributed by atoms with Crippen molar-refractivity contribution in [2.24, 2.45) is 0 Å². The fourth-order valence-electron chi connectivity index (χ4n) is 2.96. The van der Waals surface area contributed by atoms with Gasteiger partial charge in [0.15, 0.2) is 5.78 Å². The summed E-state index contributed by atoms with van der Waals surface area (Å²) in [5, 5.41) is 9.81. The highest BCUT2D eigenvalue weighted by molar-refractivity contribution is 5.99. The molecule has 0 spiro atoms. The van der Waals surface area contributed by atoms with Gasteiger partial charge < -0.3 is 9.84 Å². The van der Waals surface area contributed by atoms with Crippen LogP contribution >= 0.6 is 0 Å². The number of hydrogen-bond donors (Lipinski definition) is 1. The summed E-state index contributed by atoms with van der Waals surface area (Å²) in [6.07, 6.45) is 4.72. The predicted octanol–water partition coefficient (Wildman–Crippen LogP) is 2.50. The van der Waals surface area contributed by atoms with Gasteiger partial charge in [0.1, 0.15) is 11.9 Å². The van der Waals surface area contributed by atoms with E-state index in [2.05, 4.69) is 0 Å². The van der Waals surface area contributed by atoms with E-state index < -0.39 is 0 Å². The number of carbonyl (C=O) groups excluding carboxylic acids is 1. The summed E-state index contributed by atoms with van der Waals surface area (Å²) in [5.74, 6) is 1.01. The summed E-state index contributed by atoms with van der Waals surface area (Å²) < 4.78 is 5.93. The molecule has 96 valence electrons. The summed E-state index contributed by atoms with van der Waals surface area (Å²) in [6, 6.07) is 5.68. The highest BCUT2D eigenvalue weighted by atomic mass is 16.5. The van der Waals surface area contributed by atoms with Gasteiger partial charge >= 0.3 is 0 Å². The Balaban J connectivity index is 1.88. The fourth-order valence-corrected chi connectivity index (χ4v) is 2.96. The number of fused-ring (bicyclic) bond motifs is 1. The van der Waals surface area contributed by atoms with E-state index in [9.17, 15) is 9.90 Å². The molecule has 0 amide bonds. The molecule has 2 atom stereocenters. The first-order valence-electron chi connectivity index (χ1n) is 6.75. The lowest BCUT2D eigenvalue weighted by molar-refractivity contribution is 0.0595. The number of aliphatic hydroxyl groups excluding tert-OH is 1. The largest absolute Gasteiger partial charge is 0.487 e. The number of benzene rings is 1. The van der Waals surface area contributed by atoms with E-state index in [-0.39, 0.29) is 18.0 Å². The zero-order chi connectivity index (χ0) is 12.5. The SMILES string of the molecule is O=C1CCCc2c(OC3CCCC3O)cccc21. The molecule has 1 aromatic carbocycles. The third-order valence-electron chi connectivity index (χ3n) is 3.96. The van der Waals surface area contributed by atoms with Crippen molar-refractivity contribution in [1.29, 1.82) is 0 Å². The van der Waals surface area contributed by atoms with Crippen LogP contribution in [0.25, 0.3) is 0 Å². The highest BCUT2D eigenvalue weighted by Gasteiger charge is 2.28. The molecule has 1 aromatic rings. The van der Waals surface area contributed by atoms with E-state index in [1.807, 2.05) is 18.2 Å². The molecule has 1 saturated carbocycles. The van der Waals surface area contributed by atoms with Gasteiger partial charge in [0.05, 0.1) is 6.10 Å². The van der Waals surface area contributed by atoms with E-state index >= 15 is 0 Å². The Bertz CT molecular complexity index is 467. The number of ketones is 1. The lowest BCUT2D eigenvalue weighted by atomic mass is 9.90. The molecule has 3 rings (SSSR count). The molecule has 2 aliphatic rings. The zero-order valence-corrected chi connectivity index (χ0v) is 10.4. The van der Waals surface area contributed by atoms with Crippen molar-refractivity contribution in [2.75, 3.05) is 0 Å². The molecular formula is C15H18O3. The number of Topliss-reactive ketones (excluding diaryl/α,β-unsaturated/α-hetero) is 1. The van der Waals surface area contributed by atoms with Gasteiger partial charge in [-0.1, -0.05) is 12.1 Å². The van der Waals surface area contributed by atoms with Crippen molar-refractivity contribution >= 4 is 5.78 Å². The molecule has 2 aliphatic carbocycles. The van der Waals surface area contributed by atoms with Crippen molar-refractivity contribution in [3.63, 3.8) is 0 Å². The molecule has 2 unspecified atom stereocenters. The molecular weight excluding hydrogens is 228 g/mol. The highest BCUT2D eigenvalue weighted by Crippen LogP contribution is 2.32. The van der Waals surface area contributed by atoms with Gasteiger partial charge in [0.25, 0.3) is 0 Å². The molecule has 0 aromatic heterocycles. The van der Waals surface area contributed by atoms with Gasteiger partial charge in [-0.2, -0.15) is 0 Å². The molecule has 3 heteroatoms. The molecule has 0 heterocycles. The van der Waals surface area contributed by atoms with Crippen LogP contribution in [0.5, 0.6) is 5.75 Å². The van der Waals surface area contributed by atoms with Gasteiger partial charge in [0.2, 0.25) is 0 Å². The van der Waals surface area contributed by atoms with Crippen molar-refractivity contribution in [2.45, 2.75) is 50.7 Å². The van der Waals surface area contributed by atoms with Crippen molar-refractivity contribution in [3.05, 3.63) is 29.3 Å². The van der Waals surface area contributed by atoms with Crippen LogP contribution in [0.3, 0.4) is 0 Å². The average Bonchev–Trinajstić information content (AvgIpc) is 2.77. The van der Waals surface area contributed by atoms with Gasteiger partial charge in [-0.05, 0) is 38.2 Å². The van der Waals surface area contributed by atoms with Crippen LogP contribution in [0, 0.1) is 0 Å². The van der Waals surface area contributed by atoms with Crippen LogP contribution in [0.1, 0.15) is 48.0 Å². The van der Waals surface area contributed by atoms with Crippen LogP contribution in [0.2, 0.25) is 0 Å². The minimum atomic E-state index is -0.361. The number of hydrogen-bond acceptors (Lipinski definition) is 3. The van der Waals surface area contributed by atoms with Crippen molar-refractivity contribution < 1.29 is 14.6 Å². The number of carbonyl (C=O) groups is 1. The normalized spacial score (nSPS) is 27.1. The average molecular weight is 246 g/mol. The lowest BCUT2D eigenvalue weighted by Gasteiger charge is -2.22. The second kappa shape index (κ2) is 4.73. The molecule has 0 bridgehead atoms. The molecule has 3 nitrogen and oxygen atoms in total. The second-order valence-electron chi connectivity index (χ2n) is 5.21. The van der Waals surface area contributed by atoms with Gasteiger partial charge in [-0.3, -0.25) is 4.79 Å². The monoisotopic (exact) mass is 246 g/mol. The zero-order valence-electron chi connectivity index (χ0n) is 10.4. The van der Waals surface area contributed by atoms with E-state index in [0.29, 0.717) is 6.42 Å². The summed E-state index contributed by atoms with van der Waals surface area (Å²) in [4.78, 5) is 11.8. The Hall–Kier alpha value is -1.35. The quantitative estimate of drug-likeness (QED) is 0.872. The van der Waals surface area contributed by atoms with Gasteiger partial charge in [0, 0.05) is 17.5 Å². The molecule has 1 fully saturated rings. The maximum absolute atomic E-state index is 11.8. The smallest absolute Gasteiger partial charge is 0.163 e. The minimum absolute atomic E-state index is 0.103. The molecule has 0 saturated heterocycles. The summed E-state index contributed by atoms with van der Waals surface area (Å²) in [5.41, 5.74) is 1.85. The Kier molecular flexibility index (Phi) is 3.08. The molecule has 1 N–H and O–H groups in total. The van der Waals surface area contributed by atoms with E-state index in [0.717, 1.165) is 49.0 Å². The van der Waals surface area contributed by atoms with Crippen LogP contribution in [-0.2, 0) is 6.42 Å². The van der Waals surface area contributed by atoms with Gasteiger partial charge in [-0.15, -0.1) is 0 Å². The summed E-state index contributed by atoms with van der Waals surface area (Å²) >= 11 is 0. The fraction of sp³-hybridized carbons (Fsp3) is 0.533. The Morgan fingerprint density at radius 2 is 2.06 bits per heavy atom. The van der Waals surface area contributed by atoms with E-state index in [1.165, 1.54) is 0 Å². The van der Waals surface area contributed by atoms with Crippen molar-refractivity contribution in [1.82, 2.24) is 0 Å². The van der Waals surface area contributed by atoms with Crippen LogP contribution < -0.4 is 4.74 Å². The first kappa shape index (κ1) is 11.7. The standard InChI is InChI=1S/C15H18O3/c16-12-6-1-5-11-10(12)4-2-8-14(11)18-15-9-3-7-13(15)17/h2,4,8,13,15,17H,1,3,5-7,9H2. The Labute approximate surface area is 107 Å². The van der Waals surface area contributed by atoms with Crippen LogP contribution in [0.15, 0.2) is 18.2 Å². The maximum Gasteiger partial charge on any atom is 0.163 e. The topological polar surface area (TPSA) is 46.5 Å². The van der Waals surface area contributed by atoms with E-state index in [1.54, 1.807) is 0 Å². The first-order chi connectivity index (χ1) is 8.75. The van der Waals surface area contributed by atoms with E-state index in [4.69, 9.17) is 4.74 Å². The summed E-state index contributed by atoms with van der Waals surface area (Å²) in [6.45, 7) is 0. The van der Waals surface area contributed by atoms with Gasteiger partial charge in [-0.25, -0.2) is 0 Å². The Morgan fingerprint density at radius 3 is 2.83 bits per heavy atom. The van der Waals surface area contributed by atoms with Crippen LogP contribution in [0.4, 0.5) is 0 Å². The molecule has 18 heavy (non-hydrogen) atoms. The molecule has 0 aliphatic heterocycles. The second-order valence-corrected chi connectivity index (χ2v) is 5.21. The third kappa shape index (κ3) is 2.03. The molecule has 0 radical (unpaired) electrons. The third-order valence-corrected chi connectivity index (χ3v) is 3.96. The number of aliphatic hydroxyl groups is 1.